The highest BCUT2D eigenvalue weighted by atomic mass is 35.5. The van der Waals surface area contributed by atoms with Crippen molar-refractivity contribution in [3.8, 4) is 0 Å². The van der Waals surface area contributed by atoms with Crippen molar-refractivity contribution in [2.24, 2.45) is 0 Å². The van der Waals surface area contributed by atoms with E-state index in [1.54, 1.807) is 6.07 Å². The zero-order valence-corrected chi connectivity index (χ0v) is 14.4. The largest absolute Gasteiger partial charge is 0.467 e. The van der Waals surface area contributed by atoms with Crippen molar-refractivity contribution in [1.82, 2.24) is 5.32 Å². The fourth-order valence-corrected chi connectivity index (χ4v) is 2.55. The van der Waals surface area contributed by atoms with Crippen LogP contribution in [-0.2, 0) is 9.53 Å². The number of halogens is 1. The predicted molar refractivity (Wildman–Crippen MR) is 96.7 cm³/mol. The van der Waals surface area contributed by atoms with Crippen molar-refractivity contribution in [3.05, 3.63) is 64.7 Å². The first-order chi connectivity index (χ1) is 11.0. The molecule has 0 bridgehead atoms. The molecule has 2 rings (SSSR count). The quantitative estimate of drug-likeness (QED) is 0.649. The van der Waals surface area contributed by atoms with Crippen LogP contribution in [0, 0.1) is 6.92 Å². The van der Waals surface area contributed by atoms with Gasteiger partial charge < -0.3 is 15.4 Å². The van der Waals surface area contributed by atoms with E-state index in [4.69, 9.17) is 28.6 Å². The number of aryl methyl sites for hydroxylation is 1. The van der Waals surface area contributed by atoms with E-state index in [0.29, 0.717) is 10.1 Å². The highest BCUT2D eigenvalue weighted by Gasteiger charge is 2.22. The van der Waals surface area contributed by atoms with Gasteiger partial charge in [0.05, 0.1) is 7.11 Å². The topological polar surface area (TPSA) is 50.4 Å². The van der Waals surface area contributed by atoms with Gasteiger partial charge in [-0.1, -0.05) is 41.9 Å². The minimum Gasteiger partial charge on any atom is -0.467 e. The first-order valence-electron chi connectivity index (χ1n) is 6.97. The van der Waals surface area contributed by atoms with Crippen molar-refractivity contribution in [2.45, 2.75) is 13.0 Å². The van der Waals surface area contributed by atoms with Crippen LogP contribution in [0.15, 0.2) is 48.5 Å². The maximum Gasteiger partial charge on any atom is 0.333 e. The Morgan fingerprint density at radius 3 is 2.52 bits per heavy atom. The molecule has 0 saturated carbocycles. The molecule has 1 atom stereocenters. The summed E-state index contributed by atoms with van der Waals surface area (Å²) in [5.74, 6) is -0.409. The molecular weight excluding hydrogens is 332 g/mol. The van der Waals surface area contributed by atoms with E-state index in [0.717, 1.165) is 16.8 Å². The number of hydrogen-bond donors (Lipinski definition) is 2. The van der Waals surface area contributed by atoms with Crippen molar-refractivity contribution >= 4 is 40.6 Å². The van der Waals surface area contributed by atoms with Gasteiger partial charge in [-0.05, 0) is 48.5 Å². The molecule has 0 amide bonds. The van der Waals surface area contributed by atoms with Crippen LogP contribution < -0.4 is 10.6 Å². The summed E-state index contributed by atoms with van der Waals surface area (Å²) in [6, 6.07) is 14.0. The van der Waals surface area contributed by atoms with E-state index in [-0.39, 0.29) is 0 Å². The molecule has 0 aliphatic rings. The van der Waals surface area contributed by atoms with Gasteiger partial charge in [-0.15, -0.1) is 0 Å². The third kappa shape index (κ3) is 4.68. The number of carbonyl (C=O) groups is 1. The van der Waals surface area contributed by atoms with Crippen LogP contribution in [-0.4, -0.2) is 18.2 Å². The van der Waals surface area contributed by atoms with Gasteiger partial charge in [0.1, 0.15) is 0 Å². The minimum atomic E-state index is -0.672. The van der Waals surface area contributed by atoms with Crippen LogP contribution in [0.25, 0.3) is 0 Å². The number of nitrogens with one attached hydrogen (secondary N) is 2. The standard InChI is InChI=1S/C17H17ClN2O2S/c1-11-10-13(18)8-9-14(11)19-17(23)20-15(16(21)22-2)12-6-4-3-5-7-12/h3-10,15H,1-2H3,(H2,19,20,23). The Labute approximate surface area is 145 Å². The second-order valence-corrected chi connectivity index (χ2v) is 5.77. The summed E-state index contributed by atoms with van der Waals surface area (Å²) in [7, 11) is 1.35. The zero-order chi connectivity index (χ0) is 16.8. The summed E-state index contributed by atoms with van der Waals surface area (Å²) in [5.41, 5.74) is 2.55. The Morgan fingerprint density at radius 1 is 1.22 bits per heavy atom. The SMILES string of the molecule is COC(=O)C(NC(=S)Nc1ccc(Cl)cc1C)c1ccccc1. The van der Waals surface area contributed by atoms with Gasteiger partial charge in [-0.2, -0.15) is 0 Å². The van der Waals surface area contributed by atoms with Crippen LogP contribution >= 0.6 is 23.8 Å². The van der Waals surface area contributed by atoms with Crippen LogP contribution in [0.2, 0.25) is 5.02 Å². The maximum atomic E-state index is 12.0. The van der Waals surface area contributed by atoms with Gasteiger partial charge >= 0.3 is 5.97 Å². The number of thiocarbonyl (C=S) groups is 1. The molecule has 0 saturated heterocycles. The van der Waals surface area contributed by atoms with Gasteiger partial charge in [0, 0.05) is 10.7 Å². The van der Waals surface area contributed by atoms with E-state index in [9.17, 15) is 4.79 Å². The number of hydrogen-bond acceptors (Lipinski definition) is 3. The van der Waals surface area contributed by atoms with E-state index >= 15 is 0 Å². The fourth-order valence-electron chi connectivity index (χ4n) is 2.10. The van der Waals surface area contributed by atoms with Crippen molar-refractivity contribution in [3.63, 3.8) is 0 Å². The van der Waals surface area contributed by atoms with Crippen LogP contribution in [0.5, 0.6) is 0 Å². The summed E-state index contributed by atoms with van der Waals surface area (Å²) < 4.78 is 4.85. The van der Waals surface area contributed by atoms with Gasteiger partial charge in [0.25, 0.3) is 0 Å². The number of benzene rings is 2. The van der Waals surface area contributed by atoms with Gasteiger partial charge in [-0.3, -0.25) is 0 Å². The lowest BCUT2D eigenvalue weighted by molar-refractivity contribution is -0.142. The van der Waals surface area contributed by atoms with E-state index < -0.39 is 12.0 Å². The molecule has 0 radical (unpaired) electrons. The number of ether oxygens (including phenoxy) is 1. The monoisotopic (exact) mass is 348 g/mol. The lowest BCUT2D eigenvalue weighted by atomic mass is 10.1. The van der Waals surface area contributed by atoms with Gasteiger partial charge in [-0.25, -0.2) is 4.79 Å². The van der Waals surface area contributed by atoms with Crippen LogP contribution in [0.4, 0.5) is 5.69 Å². The molecule has 2 aromatic rings. The van der Waals surface area contributed by atoms with Crippen LogP contribution in [0.3, 0.4) is 0 Å². The lowest BCUT2D eigenvalue weighted by Gasteiger charge is -2.20. The number of rotatable bonds is 4. The highest BCUT2D eigenvalue weighted by Crippen LogP contribution is 2.20. The predicted octanol–water partition coefficient (Wildman–Crippen LogP) is 3.85. The second kappa shape index (κ2) is 7.94. The Morgan fingerprint density at radius 2 is 1.91 bits per heavy atom. The molecule has 0 aliphatic heterocycles. The molecule has 0 heterocycles. The Balaban J connectivity index is 2.13. The summed E-state index contributed by atoms with van der Waals surface area (Å²) in [5, 5.41) is 7.04. The fraction of sp³-hybridized carbons (Fsp3) is 0.176. The molecule has 120 valence electrons. The molecule has 23 heavy (non-hydrogen) atoms. The minimum absolute atomic E-state index is 0.328. The molecular formula is C17H17ClN2O2S. The van der Waals surface area contributed by atoms with E-state index in [1.165, 1.54) is 7.11 Å². The summed E-state index contributed by atoms with van der Waals surface area (Å²) in [4.78, 5) is 12.0. The number of anilines is 1. The normalized spacial score (nSPS) is 11.4. The number of carbonyl (C=O) groups excluding carboxylic acids is 1. The Hall–Kier alpha value is -2.11. The molecule has 2 aromatic carbocycles. The Bertz CT molecular complexity index is 707. The third-order valence-electron chi connectivity index (χ3n) is 3.28. The third-order valence-corrected chi connectivity index (χ3v) is 3.74. The highest BCUT2D eigenvalue weighted by molar-refractivity contribution is 7.80. The molecule has 0 aromatic heterocycles. The summed E-state index contributed by atoms with van der Waals surface area (Å²) in [6.45, 7) is 1.92. The maximum absolute atomic E-state index is 12.0. The number of esters is 1. The molecule has 0 fully saturated rings. The Kier molecular flexibility index (Phi) is 5.96. The van der Waals surface area contributed by atoms with Crippen LogP contribution in [0.1, 0.15) is 17.2 Å². The first kappa shape index (κ1) is 17.2. The van der Waals surface area contributed by atoms with E-state index in [1.807, 2.05) is 49.4 Å². The van der Waals surface area contributed by atoms with Gasteiger partial charge in [0.15, 0.2) is 11.2 Å². The van der Waals surface area contributed by atoms with E-state index in [2.05, 4.69) is 10.6 Å². The van der Waals surface area contributed by atoms with Crippen molar-refractivity contribution < 1.29 is 9.53 Å². The smallest absolute Gasteiger partial charge is 0.333 e. The van der Waals surface area contributed by atoms with Crippen molar-refractivity contribution in [1.29, 1.82) is 0 Å². The lowest BCUT2D eigenvalue weighted by Crippen LogP contribution is -2.37. The molecule has 0 aliphatic carbocycles. The summed E-state index contributed by atoms with van der Waals surface area (Å²) in [6.07, 6.45) is 0. The number of methoxy groups -OCH3 is 1. The van der Waals surface area contributed by atoms with Crippen molar-refractivity contribution in [2.75, 3.05) is 12.4 Å². The molecule has 4 nitrogen and oxygen atoms in total. The average Bonchev–Trinajstić information content (AvgIpc) is 2.55. The first-order valence-corrected chi connectivity index (χ1v) is 7.76. The zero-order valence-electron chi connectivity index (χ0n) is 12.8. The molecule has 0 spiro atoms. The average molecular weight is 349 g/mol. The molecule has 2 N–H and O–H groups in total. The summed E-state index contributed by atoms with van der Waals surface area (Å²) >= 11 is 11.2. The molecule has 6 heteroatoms. The second-order valence-electron chi connectivity index (χ2n) is 4.92. The van der Waals surface area contributed by atoms with Gasteiger partial charge in [0.2, 0.25) is 0 Å². The molecule has 1 unspecified atom stereocenters.